The summed E-state index contributed by atoms with van der Waals surface area (Å²) in [6, 6.07) is 5.62. The lowest BCUT2D eigenvalue weighted by Gasteiger charge is -2.21. The number of Topliss-reactive ketones (excluding diaryl/α,β-unsaturated/α-hetero) is 1. The van der Waals surface area contributed by atoms with Crippen LogP contribution in [0.2, 0.25) is 0 Å². The van der Waals surface area contributed by atoms with Crippen molar-refractivity contribution in [1.82, 2.24) is 0 Å². The molecule has 1 fully saturated rings. The van der Waals surface area contributed by atoms with Crippen LogP contribution in [0.4, 0.5) is 0 Å². The van der Waals surface area contributed by atoms with E-state index in [9.17, 15) is 4.79 Å². The highest BCUT2D eigenvalue weighted by Crippen LogP contribution is 2.27. The van der Waals surface area contributed by atoms with Gasteiger partial charge in [0.1, 0.15) is 5.75 Å². The summed E-state index contributed by atoms with van der Waals surface area (Å²) in [6.45, 7) is 5.03. The highest BCUT2D eigenvalue weighted by atomic mass is 16.7. The van der Waals surface area contributed by atoms with E-state index >= 15 is 0 Å². The van der Waals surface area contributed by atoms with Crippen LogP contribution in [-0.4, -0.2) is 31.9 Å². The van der Waals surface area contributed by atoms with Crippen LogP contribution in [0.5, 0.6) is 5.75 Å². The van der Waals surface area contributed by atoms with Gasteiger partial charge in [0.15, 0.2) is 11.6 Å². The first-order chi connectivity index (χ1) is 9.04. The van der Waals surface area contributed by atoms with Crippen molar-refractivity contribution < 1.29 is 19.0 Å². The molecule has 4 nitrogen and oxygen atoms in total. The molecule has 0 aromatic heterocycles. The fourth-order valence-electron chi connectivity index (χ4n) is 2.22. The molecule has 19 heavy (non-hydrogen) atoms. The molecule has 1 aliphatic heterocycles. The first-order valence-corrected chi connectivity index (χ1v) is 6.50. The Morgan fingerprint density at radius 3 is 2.68 bits per heavy atom. The predicted molar refractivity (Wildman–Crippen MR) is 71.6 cm³/mol. The fourth-order valence-corrected chi connectivity index (χ4v) is 2.22. The van der Waals surface area contributed by atoms with E-state index in [1.165, 1.54) is 0 Å². The minimum absolute atomic E-state index is 0.0564. The molecular formula is C15H20O4. The van der Waals surface area contributed by atoms with Crippen LogP contribution in [0.1, 0.15) is 35.7 Å². The van der Waals surface area contributed by atoms with Gasteiger partial charge in [-0.3, -0.25) is 4.79 Å². The lowest BCUT2D eigenvalue weighted by Crippen LogP contribution is -2.26. The van der Waals surface area contributed by atoms with Crippen LogP contribution in [0, 0.1) is 6.92 Å². The molecule has 4 heteroatoms. The van der Waals surface area contributed by atoms with Crippen molar-refractivity contribution in [3.63, 3.8) is 0 Å². The Balaban J connectivity index is 2.05. The van der Waals surface area contributed by atoms with Crippen molar-refractivity contribution in [2.24, 2.45) is 0 Å². The monoisotopic (exact) mass is 264 g/mol. The maximum absolute atomic E-state index is 12.3. The van der Waals surface area contributed by atoms with E-state index in [4.69, 9.17) is 14.2 Å². The molecule has 0 saturated carbocycles. The Labute approximate surface area is 113 Å². The standard InChI is InChI=1S/C15H20O4/c1-11-4-5-14(17-3)12(10-11)13(16)6-7-15(2)18-8-9-19-15/h4-5,10H,6-9H2,1-3H3. The van der Waals surface area contributed by atoms with Crippen LogP contribution in [0.3, 0.4) is 0 Å². The van der Waals surface area contributed by atoms with E-state index in [2.05, 4.69) is 0 Å². The Bertz CT molecular complexity index is 461. The zero-order valence-corrected chi connectivity index (χ0v) is 11.7. The van der Waals surface area contributed by atoms with Crippen molar-refractivity contribution in [2.45, 2.75) is 32.5 Å². The van der Waals surface area contributed by atoms with Gasteiger partial charge in [-0.1, -0.05) is 11.6 Å². The maximum atomic E-state index is 12.3. The van der Waals surface area contributed by atoms with Crippen LogP contribution < -0.4 is 4.74 Å². The van der Waals surface area contributed by atoms with Gasteiger partial charge < -0.3 is 14.2 Å². The van der Waals surface area contributed by atoms with Gasteiger partial charge in [-0.05, 0) is 26.0 Å². The minimum atomic E-state index is -0.618. The largest absolute Gasteiger partial charge is 0.496 e. The summed E-state index contributed by atoms with van der Waals surface area (Å²) in [7, 11) is 1.58. The molecule has 0 radical (unpaired) electrons. The average Bonchev–Trinajstić information content (AvgIpc) is 2.83. The number of ether oxygens (including phenoxy) is 3. The van der Waals surface area contributed by atoms with Crippen LogP contribution in [-0.2, 0) is 9.47 Å². The fraction of sp³-hybridized carbons (Fsp3) is 0.533. The summed E-state index contributed by atoms with van der Waals surface area (Å²) in [5.41, 5.74) is 1.67. The molecule has 104 valence electrons. The van der Waals surface area contributed by atoms with E-state index in [1.54, 1.807) is 7.11 Å². The molecule has 1 saturated heterocycles. The molecule has 0 unspecified atom stereocenters. The van der Waals surface area contributed by atoms with Gasteiger partial charge in [-0.25, -0.2) is 0 Å². The first-order valence-electron chi connectivity index (χ1n) is 6.50. The van der Waals surface area contributed by atoms with Gasteiger partial charge in [-0.2, -0.15) is 0 Å². The van der Waals surface area contributed by atoms with E-state index in [0.717, 1.165) is 5.56 Å². The molecule has 0 amide bonds. The van der Waals surface area contributed by atoms with Crippen molar-refractivity contribution in [1.29, 1.82) is 0 Å². The number of ketones is 1. The second-order valence-corrected chi connectivity index (χ2v) is 4.96. The van der Waals surface area contributed by atoms with Gasteiger partial charge in [-0.15, -0.1) is 0 Å². The molecule has 1 aromatic carbocycles. The molecule has 0 bridgehead atoms. The van der Waals surface area contributed by atoms with Gasteiger partial charge >= 0.3 is 0 Å². The number of methoxy groups -OCH3 is 1. The van der Waals surface area contributed by atoms with Crippen molar-refractivity contribution in [3.05, 3.63) is 29.3 Å². The first kappa shape index (κ1) is 14.0. The number of hydrogen-bond acceptors (Lipinski definition) is 4. The topological polar surface area (TPSA) is 44.8 Å². The number of carbonyl (C=O) groups is 1. The molecule has 2 rings (SSSR count). The van der Waals surface area contributed by atoms with E-state index in [0.29, 0.717) is 37.4 Å². The number of carbonyl (C=O) groups excluding carboxylic acids is 1. The third kappa shape index (κ3) is 3.33. The number of hydrogen-bond donors (Lipinski definition) is 0. The highest BCUT2D eigenvalue weighted by Gasteiger charge is 2.31. The third-order valence-corrected chi connectivity index (χ3v) is 3.36. The molecule has 0 spiro atoms. The van der Waals surface area contributed by atoms with Crippen molar-refractivity contribution >= 4 is 5.78 Å². The summed E-state index contributed by atoms with van der Waals surface area (Å²) in [6.07, 6.45) is 0.944. The maximum Gasteiger partial charge on any atom is 0.166 e. The summed E-state index contributed by atoms with van der Waals surface area (Å²) < 4.78 is 16.2. The molecule has 0 aliphatic carbocycles. The summed E-state index contributed by atoms with van der Waals surface area (Å²) in [5, 5.41) is 0. The molecule has 1 heterocycles. The molecule has 0 N–H and O–H groups in total. The lowest BCUT2D eigenvalue weighted by molar-refractivity contribution is -0.145. The Morgan fingerprint density at radius 1 is 1.37 bits per heavy atom. The Hall–Kier alpha value is -1.39. The Kier molecular flexibility index (Phi) is 4.22. The number of aryl methyl sites for hydroxylation is 1. The quantitative estimate of drug-likeness (QED) is 0.767. The highest BCUT2D eigenvalue weighted by molar-refractivity contribution is 5.98. The second-order valence-electron chi connectivity index (χ2n) is 4.96. The van der Waals surface area contributed by atoms with E-state index in [1.807, 2.05) is 32.0 Å². The molecule has 0 atom stereocenters. The van der Waals surface area contributed by atoms with E-state index < -0.39 is 5.79 Å². The van der Waals surface area contributed by atoms with Crippen molar-refractivity contribution in [3.8, 4) is 5.75 Å². The lowest BCUT2D eigenvalue weighted by atomic mass is 10.0. The Morgan fingerprint density at radius 2 is 2.05 bits per heavy atom. The summed E-state index contributed by atoms with van der Waals surface area (Å²) >= 11 is 0. The van der Waals surface area contributed by atoms with Gasteiger partial charge in [0.05, 0.1) is 25.9 Å². The summed E-state index contributed by atoms with van der Waals surface area (Å²) in [5.74, 6) is 0.0575. The van der Waals surface area contributed by atoms with Crippen LogP contribution in [0.15, 0.2) is 18.2 Å². The normalized spacial score (nSPS) is 17.4. The van der Waals surface area contributed by atoms with Gasteiger partial charge in [0, 0.05) is 12.8 Å². The molecule has 1 aliphatic rings. The van der Waals surface area contributed by atoms with Crippen molar-refractivity contribution in [2.75, 3.05) is 20.3 Å². The zero-order chi connectivity index (χ0) is 13.9. The zero-order valence-electron chi connectivity index (χ0n) is 11.7. The third-order valence-electron chi connectivity index (χ3n) is 3.36. The van der Waals surface area contributed by atoms with Gasteiger partial charge in [0.25, 0.3) is 0 Å². The smallest absolute Gasteiger partial charge is 0.166 e. The predicted octanol–water partition coefficient (Wildman–Crippen LogP) is 2.73. The SMILES string of the molecule is COc1ccc(C)cc1C(=O)CCC1(C)OCCO1. The minimum Gasteiger partial charge on any atom is -0.496 e. The number of rotatable bonds is 5. The molecular weight excluding hydrogens is 244 g/mol. The average molecular weight is 264 g/mol. The van der Waals surface area contributed by atoms with Crippen LogP contribution >= 0.6 is 0 Å². The summed E-state index contributed by atoms with van der Waals surface area (Å²) in [4.78, 5) is 12.3. The second kappa shape index (κ2) is 5.72. The molecule has 1 aromatic rings. The van der Waals surface area contributed by atoms with Crippen LogP contribution in [0.25, 0.3) is 0 Å². The van der Waals surface area contributed by atoms with Gasteiger partial charge in [0.2, 0.25) is 0 Å². The number of benzene rings is 1. The van der Waals surface area contributed by atoms with E-state index in [-0.39, 0.29) is 5.78 Å².